The lowest BCUT2D eigenvalue weighted by atomic mass is 10.3. The minimum absolute atomic E-state index is 0. The highest BCUT2D eigenvalue weighted by atomic mass is 35.5. The highest BCUT2D eigenvalue weighted by Crippen LogP contribution is 2.26. The maximum absolute atomic E-state index is 11.8. The van der Waals surface area contributed by atoms with Crippen LogP contribution in [-0.2, 0) is 9.47 Å². The van der Waals surface area contributed by atoms with Crippen molar-refractivity contribution in [3.63, 3.8) is 0 Å². The van der Waals surface area contributed by atoms with Crippen LogP contribution in [0.3, 0.4) is 0 Å². The highest BCUT2D eigenvalue weighted by molar-refractivity contribution is 7.22. The summed E-state index contributed by atoms with van der Waals surface area (Å²) < 4.78 is 11.9. The molecule has 0 bridgehead atoms. The number of para-hydroxylation sites is 2. The molecular weight excluding hydrogens is 436 g/mol. The van der Waals surface area contributed by atoms with E-state index in [-0.39, 0.29) is 25.6 Å². The van der Waals surface area contributed by atoms with Crippen LogP contribution < -0.4 is 10.6 Å². The zero-order valence-electron chi connectivity index (χ0n) is 14.8. The van der Waals surface area contributed by atoms with Crippen molar-refractivity contribution in [3.8, 4) is 0 Å². The van der Waals surface area contributed by atoms with E-state index in [0.29, 0.717) is 10.3 Å². The molecule has 0 saturated heterocycles. The molecule has 0 unspecified atom stereocenters. The number of rotatable bonds is 5. The number of benzene rings is 2. The summed E-state index contributed by atoms with van der Waals surface area (Å²) in [6.07, 6.45) is -1.32. The zero-order valence-corrected chi connectivity index (χ0v) is 17.2. The first-order valence-electron chi connectivity index (χ1n) is 8.26. The molecule has 2 N–H and O–H groups in total. The molecule has 150 valence electrons. The Balaban J connectivity index is 0.00000240. The smallest absolute Gasteiger partial charge is 0.413 e. The van der Waals surface area contributed by atoms with Crippen molar-refractivity contribution in [2.24, 2.45) is 0 Å². The zero-order chi connectivity index (χ0) is 19.3. The Bertz CT molecular complexity index is 991. The van der Waals surface area contributed by atoms with Crippen molar-refractivity contribution in [2.45, 2.75) is 0 Å². The number of halogens is 1. The van der Waals surface area contributed by atoms with Crippen LogP contribution in [0.15, 0.2) is 48.5 Å². The number of nitrogens with zero attached hydrogens (tertiary/aromatic N) is 2. The molecule has 0 aliphatic rings. The predicted octanol–water partition coefficient (Wildman–Crippen LogP) is 5.13. The Morgan fingerprint density at radius 1 is 0.759 bits per heavy atom. The first-order chi connectivity index (χ1) is 13.7. The number of aromatic nitrogens is 2. The molecule has 0 atom stereocenters. The van der Waals surface area contributed by atoms with Gasteiger partial charge in [0.25, 0.3) is 0 Å². The number of ether oxygens (including phenoxy) is 2. The quantitative estimate of drug-likeness (QED) is 0.409. The number of amides is 2. The molecule has 11 heteroatoms. The third kappa shape index (κ3) is 5.31. The fourth-order valence-electron chi connectivity index (χ4n) is 2.37. The Kier molecular flexibility index (Phi) is 6.81. The number of anilines is 2. The molecule has 2 aromatic carbocycles. The number of hydrogen-bond donors (Lipinski definition) is 2. The SMILES string of the molecule is Cl.O=C(Nc1nc2ccccc2s1)OCCOC(=O)Nc1nc2ccccc2s1. The van der Waals surface area contributed by atoms with Gasteiger partial charge in [0.15, 0.2) is 10.3 Å². The maximum Gasteiger partial charge on any atom is 0.413 e. The predicted molar refractivity (Wildman–Crippen MR) is 116 cm³/mol. The van der Waals surface area contributed by atoms with Crippen LogP contribution in [-0.4, -0.2) is 35.4 Å². The van der Waals surface area contributed by atoms with Gasteiger partial charge in [0.05, 0.1) is 20.4 Å². The number of nitrogens with one attached hydrogen (secondary N) is 2. The van der Waals surface area contributed by atoms with Crippen LogP contribution in [0.2, 0.25) is 0 Å². The van der Waals surface area contributed by atoms with E-state index >= 15 is 0 Å². The minimum atomic E-state index is -0.658. The largest absolute Gasteiger partial charge is 0.446 e. The van der Waals surface area contributed by atoms with Gasteiger partial charge >= 0.3 is 12.2 Å². The number of fused-ring (bicyclic) bond motifs is 2. The average Bonchev–Trinajstić information content (AvgIpc) is 3.27. The van der Waals surface area contributed by atoms with Crippen molar-refractivity contribution >= 4 is 78.0 Å². The molecule has 8 nitrogen and oxygen atoms in total. The number of hydrogen-bond acceptors (Lipinski definition) is 8. The van der Waals surface area contributed by atoms with E-state index in [9.17, 15) is 9.59 Å². The van der Waals surface area contributed by atoms with Crippen LogP contribution in [0, 0.1) is 0 Å². The number of carbonyl (C=O) groups excluding carboxylic acids is 2. The van der Waals surface area contributed by atoms with Crippen molar-refractivity contribution in [1.29, 1.82) is 0 Å². The van der Waals surface area contributed by atoms with Gasteiger partial charge in [0, 0.05) is 0 Å². The van der Waals surface area contributed by atoms with Gasteiger partial charge in [-0.05, 0) is 24.3 Å². The van der Waals surface area contributed by atoms with Crippen LogP contribution >= 0.6 is 35.1 Å². The highest BCUT2D eigenvalue weighted by Gasteiger charge is 2.10. The van der Waals surface area contributed by atoms with Gasteiger partial charge in [0.1, 0.15) is 13.2 Å². The molecule has 29 heavy (non-hydrogen) atoms. The second kappa shape index (κ2) is 9.50. The first kappa shape index (κ1) is 20.8. The van der Waals surface area contributed by atoms with Crippen LogP contribution in [0.4, 0.5) is 19.9 Å². The average molecular weight is 451 g/mol. The Morgan fingerprint density at radius 3 is 1.59 bits per heavy atom. The second-order valence-electron chi connectivity index (χ2n) is 5.50. The maximum atomic E-state index is 11.8. The third-order valence-corrected chi connectivity index (χ3v) is 5.46. The summed E-state index contributed by atoms with van der Waals surface area (Å²) in [6.45, 7) is -0.159. The Morgan fingerprint density at radius 2 is 1.17 bits per heavy atom. The molecule has 0 fully saturated rings. The molecule has 4 aromatic rings. The van der Waals surface area contributed by atoms with Gasteiger partial charge in [-0.15, -0.1) is 12.4 Å². The molecule has 4 rings (SSSR count). The molecule has 0 spiro atoms. The second-order valence-corrected chi connectivity index (χ2v) is 7.56. The molecule has 2 aromatic heterocycles. The van der Waals surface area contributed by atoms with Crippen molar-refractivity contribution in [2.75, 3.05) is 23.8 Å². The van der Waals surface area contributed by atoms with Gasteiger partial charge in [-0.25, -0.2) is 19.6 Å². The summed E-state index contributed by atoms with van der Waals surface area (Å²) in [4.78, 5) is 32.1. The van der Waals surface area contributed by atoms with Crippen LogP contribution in [0.1, 0.15) is 0 Å². The Hall–Kier alpha value is -2.95. The van der Waals surface area contributed by atoms with E-state index < -0.39 is 12.2 Å². The summed E-state index contributed by atoms with van der Waals surface area (Å²) in [6, 6.07) is 15.1. The van der Waals surface area contributed by atoms with Gasteiger partial charge in [-0.1, -0.05) is 46.9 Å². The lowest BCUT2D eigenvalue weighted by Crippen LogP contribution is -2.20. The molecule has 2 heterocycles. The minimum Gasteiger partial charge on any atom is -0.446 e. The topological polar surface area (TPSA) is 102 Å². The molecular formula is C18H15ClN4O4S2. The van der Waals surface area contributed by atoms with E-state index in [2.05, 4.69) is 20.6 Å². The summed E-state index contributed by atoms with van der Waals surface area (Å²) in [7, 11) is 0. The molecule has 0 aliphatic carbocycles. The fourth-order valence-corrected chi connectivity index (χ4v) is 4.07. The van der Waals surface area contributed by atoms with Crippen LogP contribution in [0.5, 0.6) is 0 Å². The molecule has 0 saturated carbocycles. The lowest BCUT2D eigenvalue weighted by Gasteiger charge is -2.06. The summed E-state index contributed by atoms with van der Waals surface area (Å²) >= 11 is 2.70. The first-order valence-corrected chi connectivity index (χ1v) is 9.89. The van der Waals surface area contributed by atoms with E-state index in [0.717, 1.165) is 20.4 Å². The van der Waals surface area contributed by atoms with Crippen molar-refractivity contribution < 1.29 is 19.1 Å². The van der Waals surface area contributed by atoms with Gasteiger partial charge < -0.3 is 9.47 Å². The fraction of sp³-hybridized carbons (Fsp3) is 0.111. The van der Waals surface area contributed by atoms with Gasteiger partial charge in [0.2, 0.25) is 0 Å². The monoisotopic (exact) mass is 450 g/mol. The number of thiazole rings is 2. The lowest BCUT2D eigenvalue weighted by molar-refractivity contribution is 0.110. The molecule has 0 aliphatic heterocycles. The van der Waals surface area contributed by atoms with E-state index in [1.807, 2.05) is 48.5 Å². The summed E-state index contributed by atoms with van der Waals surface area (Å²) in [5, 5.41) is 6.00. The van der Waals surface area contributed by atoms with E-state index in [4.69, 9.17) is 9.47 Å². The van der Waals surface area contributed by atoms with E-state index in [1.165, 1.54) is 22.7 Å². The summed E-state index contributed by atoms with van der Waals surface area (Å²) in [5.41, 5.74) is 1.61. The van der Waals surface area contributed by atoms with Crippen molar-refractivity contribution in [3.05, 3.63) is 48.5 Å². The molecule has 2 amide bonds. The van der Waals surface area contributed by atoms with Crippen LogP contribution in [0.25, 0.3) is 20.4 Å². The third-order valence-electron chi connectivity index (χ3n) is 3.56. The number of carbonyl (C=O) groups is 2. The van der Waals surface area contributed by atoms with Gasteiger partial charge in [-0.3, -0.25) is 10.6 Å². The normalized spacial score (nSPS) is 10.3. The van der Waals surface area contributed by atoms with Crippen molar-refractivity contribution in [1.82, 2.24) is 9.97 Å². The summed E-state index contributed by atoms with van der Waals surface area (Å²) in [5.74, 6) is 0. The van der Waals surface area contributed by atoms with Gasteiger partial charge in [-0.2, -0.15) is 0 Å². The Labute approximate surface area is 179 Å². The van der Waals surface area contributed by atoms with E-state index in [1.54, 1.807) is 0 Å². The standard InChI is InChI=1S/C18H14N4O4S2.ClH/c23-17(21-15-19-11-5-1-3-7-13(11)27-15)25-9-10-26-18(24)22-16-20-12-6-2-4-8-14(12)28-16;/h1-8H,9-10H2,(H,19,21,23)(H,20,22,24);1H. The molecule has 0 radical (unpaired) electrons.